The van der Waals surface area contributed by atoms with Crippen LogP contribution in [0, 0.1) is 5.41 Å². The molecule has 10 heteroatoms. The summed E-state index contributed by atoms with van der Waals surface area (Å²) in [6.45, 7) is 6.41. The molecular weight excluding hydrogens is 406 g/mol. The Morgan fingerprint density at radius 2 is 1.97 bits per heavy atom. The smallest absolute Gasteiger partial charge is 0.270 e. The Kier molecular flexibility index (Phi) is 6.52. The van der Waals surface area contributed by atoms with E-state index in [-0.39, 0.29) is 23.4 Å². The second kappa shape index (κ2) is 9.13. The molecule has 168 valence electrons. The third-order valence-corrected chi connectivity index (χ3v) is 4.59. The highest BCUT2D eigenvalue weighted by Gasteiger charge is 2.27. The molecule has 0 atom stereocenters. The number of nitrogens with zero attached hydrogens (tertiary/aromatic N) is 6. The first-order chi connectivity index (χ1) is 15.0. The number of rotatable bonds is 3. The van der Waals surface area contributed by atoms with Gasteiger partial charge in [0, 0.05) is 56.0 Å². The van der Waals surface area contributed by atoms with Crippen LogP contribution in [0.1, 0.15) is 43.2 Å². The number of nitrogens with one attached hydrogen (secondary N) is 2. The van der Waals surface area contributed by atoms with Gasteiger partial charge in [-0.3, -0.25) is 15.2 Å². The minimum Gasteiger partial charge on any atom is -0.368 e. The molecule has 1 saturated heterocycles. The Bertz CT molecular complexity index is 1070. The largest absolute Gasteiger partial charge is 0.368 e. The number of pyridine rings is 1. The van der Waals surface area contributed by atoms with Gasteiger partial charge in [0.25, 0.3) is 5.91 Å². The molecule has 0 bridgehead atoms. The average Bonchev–Trinajstić information content (AvgIpc) is 3.10. The maximum Gasteiger partial charge on any atom is 0.270 e. The van der Waals surface area contributed by atoms with Gasteiger partial charge < -0.3 is 20.9 Å². The van der Waals surface area contributed by atoms with Crippen LogP contribution in [-0.2, 0) is 0 Å². The summed E-state index contributed by atoms with van der Waals surface area (Å²) in [7, 11) is 3.54. The summed E-state index contributed by atoms with van der Waals surface area (Å²) >= 11 is 0. The van der Waals surface area contributed by atoms with Crippen molar-refractivity contribution in [3.63, 3.8) is 0 Å². The van der Waals surface area contributed by atoms with Crippen molar-refractivity contribution in [3.8, 4) is 0 Å². The number of amides is 1. The van der Waals surface area contributed by atoms with Crippen molar-refractivity contribution in [1.29, 1.82) is 5.41 Å². The maximum absolute atomic E-state index is 12.6. The zero-order chi connectivity index (χ0) is 23.5. The number of hydrogen-bond acceptors (Lipinski definition) is 6. The molecule has 0 radical (unpaired) electrons. The highest BCUT2D eigenvalue weighted by Crippen LogP contribution is 2.28. The molecule has 1 aliphatic heterocycles. The van der Waals surface area contributed by atoms with Crippen LogP contribution >= 0.6 is 0 Å². The van der Waals surface area contributed by atoms with Crippen LogP contribution in [0.3, 0.4) is 0 Å². The SMILES string of the molecule is CN(C)C(=N)/N=C1\C(=C\c2cnc(N)nc2)CCN1c1ccnc(C(=O)NC(C)(C)C)c1. The van der Waals surface area contributed by atoms with Crippen molar-refractivity contribution in [2.45, 2.75) is 32.7 Å². The predicted molar refractivity (Wildman–Crippen MR) is 127 cm³/mol. The van der Waals surface area contributed by atoms with Gasteiger partial charge in [-0.2, -0.15) is 4.99 Å². The van der Waals surface area contributed by atoms with Gasteiger partial charge in [-0.15, -0.1) is 0 Å². The Hall–Kier alpha value is -3.82. The number of aliphatic imine (C=N–C) groups is 1. The summed E-state index contributed by atoms with van der Waals surface area (Å²) in [6, 6.07) is 3.57. The van der Waals surface area contributed by atoms with E-state index in [1.54, 1.807) is 43.7 Å². The van der Waals surface area contributed by atoms with Gasteiger partial charge in [0.15, 0.2) is 0 Å². The fraction of sp³-hybridized carbons (Fsp3) is 0.364. The van der Waals surface area contributed by atoms with Crippen molar-refractivity contribution in [3.05, 3.63) is 47.6 Å². The van der Waals surface area contributed by atoms with Crippen molar-refractivity contribution in [1.82, 2.24) is 25.2 Å². The van der Waals surface area contributed by atoms with Gasteiger partial charge in [-0.05, 0) is 51.0 Å². The molecule has 0 saturated carbocycles. The van der Waals surface area contributed by atoms with E-state index in [0.717, 1.165) is 16.8 Å². The molecule has 3 rings (SSSR count). The lowest BCUT2D eigenvalue weighted by molar-refractivity contribution is 0.0914. The summed E-state index contributed by atoms with van der Waals surface area (Å²) in [4.78, 5) is 33.1. The normalized spacial score (nSPS) is 16.5. The van der Waals surface area contributed by atoms with Gasteiger partial charge in [0.1, 0.15) is 11.5 Å². The lowest BCUT2D eigenvalue weighted by Gasteiger charge is -2.22. The fourth-order valence-electron chi connectivity index (χ4n) is 3.08. The quantitative estimate of drug-likeness (QED) is 0.496. The monoisotopic (exact) mass is 435 g/mol. The molecule has 4 N–H and O–H groups in total. The molecule has 2 aromatic heterocycles. The van der Waals surface area contributed by atoms with Crippen LogP contribution in [0.15, 0.2) is 41.3 Å². The van der Waals surface area contributed by atoms with Gasteiger partial charge in [-0.25, -0.2) is 9.97 Å². The Morgan fingerprint density at radius 1 is 1.28 bits per heavy atom. The van der Waals surface area contributed by atoms with E-state index in [1.165, 1.54) is 0 Å². The molecule has 1 aliphatic rings. The van der Waals surface area contributed by atoms with Crippen LogP contribution in [-0.4, -0.2) is 63.7 Å². The zero-order valence-electron chi connectivity index (χ0n) is 19.0. The maximum atomic E-state index is 12.6. The molecule has 1 amide bonds. The molecule has 0 aromatic carbocycles. The first-order valence-electron chi connectivity index (χ1n) is 10.2. The van der Waals surface area contributed by atoms with Gasteiger partial charge in [0.2, 0.25) is 11.9 Å². The Morgan fingerprint density at radius 3 is 2.59 bits per heavy atom. The summed E-state index contributed by atoms with van der Waals surface area (Å²) in [5.74, 6) is 0.717. The van der Waals surface area contributed by atoms with Crippen molar-refractivity contribution in [2.24, 2.45) is 4.99 Å². The number of hydrogen-bond donors (Lipinski definition) is 3. The third-order valence-electron chi connectivity index (χ3n) is 4.59. The van der Waals surface area contributed by atoms with Gasteiger partial charge in [0.05, 0.1) is 0 Å². The number of amidine groups is 1. The fourth-order valence-corrected chi connectivity index (χ4v) is 3.08. The molecule has 0 spiro atoms. The van der Waals surface area contributed by atoms with Crippen molar-refractivity contribution in [2.75, 3.05) is 31.3 Å². The topological polar surface area (TPSA) is 136 Å². The Balaban J connectivity index is 1.98. The summed E-state index contributed by atoms with van der Waals surface area (Å²) < 4.78 is 0. The summed E-state index contributed by atoms with van der Waals surface area (Å²) in [6.07, 6.45) is 7.55. The van der Waals surface area contributed by atoms with Crippen LogP contribution in [0.2, 0.25) is 0 Å². The molecule has 1 fully saturated rings. The molecule has 0 aliphatic carbocycles. The van der Waals surface area contributed by atoms with Crippen LogP contribution in [0.4, 0.5) is 11.6 Å². The number of guanidine groups is 1. The molecule has 32 heavy (non-hydrogen) atoms. The highest BCUT2D eigenvalue weighted by atomic mass is 16.2. The third kappa shape index (κ3) is 5.65. The second-order valence-electron chi connectivity index (χ2n) is 8.70. The van der Waals surface area contributed by atoms with Crippen LogP contribution in [0.5, 0.6) is 0 Å². The highest BCUT2D eigenvalue weighted by molar-refractivity contribution is 6.18. The van der Waals surface area contributed by atoms with E-state index in [4.69, 9.17) is 11.1 Å². The number of nitrogen functional groups attached to an aromatic ring is 1. The second-order valence-corrected chi connectivity index (χ2v) is 8.70. The van der Waals surface area contributed by atoms with E-state index in [1.807, 2.05) is 37.8 Å². The number of anilines is 2. The molecule has 10 nitrogen and oxygen atoms in total. The van der Waals surface area contributed by atoms with E-state index in [9.17, 15) is 4.79 Å². The van der Waals surface area contributed by atoms with Crippen LogP contribution in [0.25, 0.3) is 6.08 Å². The summed E-state index contributed by atoms with van der Waals surface area (Å²) in [5, 5.41) is 11.2. The van der Waals surface area contributed by atoms with E-state index in [2.05, 4.69) is 25.3 Å². The van der Waals surface area contributed by atoms with Gasteiger partial charge >= 0.3 is 0 Å². The minimum absolute atomic E-state index is 0.117. The number of carbonyl (C=O) groups is 1. The van der Waals surface area contributed by atoms with Crippen LogP contribution < -0.4 is 16.0 Å². The average molecular weight is 436 g/mol. The molecule has 3 heterocycles. The number of nitrogens with two attached hydrogens (primary N) is 1. The molecule has 2 aromatic rings. The lowest BCUT2D eigenvalue weighted by Crippen LogP contribution is -2.41. The lowest BCUT2D eigenvalue weighted by atomic mass is 10.1. The summed E-state index contributed by atoms with van der Waals surface area (Å²) in [5.41, 5.74) is 8.05. The Labute approximate surface area is 187 Å². The predicted octanol–water partition coefficient (Wildman–Crippen LogP) is 2.17. The number of aromatic nitrogens is 3. The first-order valence-corrected chi connectivity index (χ1v) is 10.2. The van der Waals surface area contributed by atoms with Crippen molar-refractivity contribution >= 4 is 35.4 Å². The minimum atomic E-state index is -0.368. The van der Waals surface area contributed by atoms with Gasteiger partial charge in [-0.1, -0.05) is 0 Å². The molecule has 0 unspecified atom stereocenters. The van der Waals surface area contributed by atoms with E-state index in [0.29, 0.717) is 24.5 Å². The molecular formula is C22H29N9O. The van der Waals surface area contributed by atoms with Crippen molar-refractivity contribution < 1.29 is 4.79 Å². The number of carbonyl (C=O) groups excluding carboxylic acids is 1. The zero-order valence-corrected chi connectivity index (χ0v) is 19.0. The van der Waals surface area contributed by atoms with E-state index >= 15 is 0 Å². The standard InChI is InChI=1S/C22H29N9O/c1-22(2,3)29-19(32)17-11-16(6-8-25-17)31-9-7-15(18(31)28-21(24)30(4)5)10-14-12-26-20(23)27-13-14/h6,8,10-13,24H,7,9H2,1-5H3,(H,29,32)(H2,23,26,27)/b15-10+,24-21?,28-18+. The first kappa shape index (κ1) is 22.9. The van der Waals surface area contributed by atoms with E-state index < -0.39 is 0 Å².